The zero-order chi connectivity index (χ0) is 18.7. The lowest BCUT2D eigenvalue weighted by atomic mass is 10.1. The summed E-state index contributed by atoms with van der Waals surface area (Å²) >= 11 is 1.33. The lowest BCUT2D eigenvalue weighted by molar-refractivity contribution is -0.137. The van der Waals surface area contributed by atoms with Crippen LogP contribution in [0.4, 0.5) is 18.3 Å². The molecule has 0 aliphatic heterocycles. The van der Waals surface area contributed by atoms with E-state index in [1.165, 1.54) is 29.7 Å². The van der Waals surface area contributed by atoms with Crippen molar-refractivity contribution in [2.24, 2.45) is 5.10 Å². The minimum Gasteiger partial charge on any atom is -0.375 e. The van der Waals surface area contributed by atoms with Crippen molar-refractivity contribution in [3.8, 4) is 0 Å². The summed E-state index contributed by atoms with van der Waals surface area (Å²) in [5.41, 5.74) is 8.93. The van der Waals surface area contributed by atoms with Crippen molar-refractivity contribution in [1.29, 1.82) is 0 Å². The summed E-state index contributed by atoms with van der Waals surface area (Å²) in [6.07, 6.45) is -3.18. The van der Waals surface area contributed by atoms with Gasteiger partial charge in [-0.3, -0.25) is 4.79 Å². The zero-order valence-electron chi connectivity index (χ0n) is 13.2. The Bertz CT molecular complexity index is 982. The van der Waals surface area contributed by atoms with Crippen LogP contribution in [0.2, 0.25) is 0 Å². The summed E-state index contributed by atoms with van der Waals surface area (Å²) in [5, 5.41) is 4.16. The highest BCUT2D eigenvalue weighted by Gasteiger charge is 2.30. The lowest BCUT2D eigenvalue weighted by Gasteiger charge is -2.06. The molecule has 1 amide bonds. The van der Waals surface area contributed by atoms with Gasteiger partial charge in [0.2, 0.25) is 5.91 Å². The van der Waals surface area contributed by atoms with E-state index in [2.05, 4.69) is 15.5 Å². The molecular weight excluding hydrogens is 365 g/mol. The summed E-state index contributed by atoms with van der Waals surface area (Å²) < 4.78 is 38.8. The van der Waals surface area contributed by atoms with E-state index in [1.54, 1.807) is 12.1 Å². The number of carbonyl (C=O) groups excluding carboxylic acids is 1. The molecule has 3 N–H and O–H groups in total. The number of amides is 1. The molecule has 2 aromatic carbocycles. The number of aromatic nitrogens is 1. The third kappa shape index (κ3) is 4.37. The second kappa shape index (κ2) is 7.12. The first kappa shape index (κ1) is 17.9. The Balaban J connectivity index is 1.62. The average Bonchev–Trinajstić information content (AvgIpc) is 2.93. The number of fused-ring (bicyclic) bond motifs is 1. The molecule has 0 fully saturated rings. The van der Waals surface area contributed by atoms with Gasteiger partial charge in [0.1, 0.15) is 0 Å². The molecule has 0 unspecified atom stereocenters. The van der Waals surface area contributed by atoms with Crippen LogP contribution in [0.1, 0.15) is 16.7 Å². The number of halogens is 3. The molecule has 1 heterocycles. The molecule has 5 nitrogen and oxygen atoms in total. The standard InChI is InChI=1S/C17H13F3N4OS/c18-17(19,20)12-3-1-2-11(6-12)9-22-24-15(25)8-10-4-5-13-14(7-10)26-16(21)23-13/h1-7,9H,8H2,(H2,21,23)(H,24,25)/b22-9-. The monoisotopic (exact) mass is 378 g/mol. The smallest absolute Gasteiger partial charge is 0.375 e. The second-order valence-electron chi connectivity index (χ2n) is 5.45. The van der Waals surface area contributed by atoms with E-state index < -0.39 is 11.7 Å². The highest BCUT2D eigenvalue weighted by molar-refractivity contribution is 7.22. The normalized spacial score (nSPS) is 12.0. The number of thiazole rings is 1. The lowest BCUT2D eigenvalue weighted by Crippen LogP contribution is -2.19. The van der Waals surface area contributed by atoms with Gasteiger partial charge >= 0.3 is 6.18 Å². The molecule has 0 saturated carbocycles. The third-order valence-electron chi connectivity index (χ3n) is 3.45. The second-order valence-corrected chi connectivity index (χ2v) is 6.51. The van der Waals surface area contributed by atoms with Gasteiger partial charge in [-0.2, -0.15) is 18.3 Å². The van der Waals surface area contributed by atoms with Crippen LogP contribution in [0.5, 0.6) is 0 Å². The SMILES string of the molecule is Nc1nc2ccc(CC(=O)N/N=C\c3cccc(C(F)(F)F)c3)cc2s1. The Morgan fingerprint density at radius 1 is 1.27 bits per heavy atom. The Kier molecular flexibility index (Phi) is 4.90. The average molecular weight is 378 g/mol. The predicted molar refractivity (Wildman–Crippen MR) is 94.9 cm³/mol. The number of hydrazone groups is 1. The van der Waals surface area contributed by atoms with E-state index in [1.807, 2.05) is 6.07 Å². The number of hydrogen-bond donors (Lipinski definition) is 2. The van der Waals surface area contributed by atoms with Crippen LogP contribution in [0.25, 0.3) is 10.2 Å². The summed E-state index contributed by atoms with van der Waals surface area (Å²) in [6.45, 7) is 0. The minimum atomic E-state index is -4.42. The van der Waals surface area contributed by atoms with Crippen molar-refractivity contribution >= 4 is 38.8 Å². The summed E-state index contributed by atoms with van der Waals surface area (Å²) in [5.74, 6) is -0.384. The van der Waals surface area contributed by atoms with Crippen LogP contribution in [0.15, 0.2) is 47.6 Å². The van der Waals surface area contributed by atoms with Crippen molar-refractivity contribution in [2.75, 3.05) is 5.73 Å². The molecule has 0 radical (unpaired) electrons. The maximum absolute atomic E-state index is 12.6. The van der Waals surface area contributed by atoms with E-state index in [0.717, 1.165) is 27.9 Å². The number of benzene rings is 2. The third-order valence-corrected chi connectivity index (χ3v) is 4.30. The topological polar surface area (TPSA) is 80.4 Å². The zero-order valence-corrected chi connectivity index (χ0v) is 14.1. The van der Waals surface area contributed by atoms with Crippen molar-refractivity contribution in [1.82, 2.24) is 10.4 Å². The fourth-order valence-electron chi connectivity index (χ4n) is 2.30. The Hall–Kier alpha value is -2.94. The molecule has 0 bridgehead atoms. The summed E-state index contributed by atoms with van der Waals surface area (Å²) in [4.78, 5) is 16.1. The van der Waals surface area contributed by atoms with Gasteiger partial charge in [0, 0.05) is 0 Å². The van der Waals surface area contributed by atoms with Crippen LogP contribution in [0.3, 0.4) is 0 Å². The van der Waals surface area contributed by atoms with Crippen molar-refractivity contribution in [2.45, 2.75) is 12.6 Å². The largest absolute Gasteiger partial charge is 0.416 e. The van der Waals surface area contributed by atoms with Crippen LogP contribution < -0.4 is 11.2 Å². The predicted octanol–water partition coefficient (Wildman–Crippen LogP) is 3.59. The van der Waals surface area contributed by atoms with E-state index in [-0.39, 0.29) is 17.9 Å². The molecule has 0 atom stereocenters. The number of nitrogens with two attached hydrogens (primary N) is 1. The number of anilines is 1. The van der Waals surface area contributed by atoms with Gasteiger partial charge in [0.05, 0.1) is 28.4 Å². The van der Waals surface area contributed by atoms with E-state index >= 15 is 0 Å². The van der Waals surface area contributed by atoms with Gasteiger partial charge in [-0.25, -0.2) is 10.4 Å². The molecule has 3 rings (SSSR count). The molecule has 9 heteroatoms. The first-order valence-corrected chi connectivity index (χ1v) is 8.27. The van der Waals surface area contributed by atoms with Gasteiger partial charge in [0.15, 0.2) is 5.13 Å². The van der Waals surface area contributed by atoms with Crippen LogP contribution in [-0.2, 0) is 17.4 Å². The van der Waals surface area contributed by atoms with E-state index in [0.29, 0.717) is 5.13 Å². The van der Waals surface area contributed by atoms with Gasteiger partial charge in [-0.1, -0.05) is 29.5 Å². The maximum atomic E-state index is 12.6. The molecule has 0 saturated heterocycles. The fourth-order valence-corrected chi connectivity index (χ4v) is 3.09. The molecule has 0 aliphatic rings. The Morgan fingerprint density at radius 3 is 2.85 bits per heavy atom. The van der Waals surface area contributed by atoms with Crippen molar-refractivity contribution in [3.63, 3.8) is 0 Å². The molecule has 26 heavy (non-hydrogen) atoms. The van der Waals surface area contributed by atoms with E-state index in [4.69, 9.17) is 5.73 Å². The number of nitrogens with one attached hydrogen (secondary N) is 1. The first-order valence-electron chi connectivity index (χ1n) is 7.45. The van der Waals surface area contributed by atoms with Crippen LogP contribution in [0, 0.1) is 0 Å². The Morgan fingerprint density at radius 2 is 2.08 bits per heavy atom. The number of nitrogens with zero attached hydrogens (tertiary/aromatic N) is 2. The molecule has 0 spiro atoms. The molecule has 1 aromatic heterocycles. The Labute approximate surface area is 150 Å². The number of alkyl halides is 3. The minimum absolute atomic E-state index is 0.0771. The maximum Gasteiger partial charge on any atom is 0.416 e. The number of nitrogen functional groups attached to an aromatic ring is 1. The number of hydrogen-bond acceptors (Lipinski definition) is 5. The van der Waals surface area contributed by atoms with E-state index in [9.17, 15) is 18.0 Å². The fraction of sp³-hybridized carbons (Fsp3) is 0.118. The van der Waals surface area contributed by atoms with Gasteiger partial charge in [-0.15, -0.1) is 0 Å². The van der Waals surface area contributed by atoms with Crippen LogP contribution >= 0.6 is 11.3 Å². The molecule has 3 aromatic rings. The molecule has 0 aliphatic carbocycles. The van der Waals surface area contributed by atoms with Gasteiger partial charge in [-0.05, 0) is 35.4 Å². The molecule has 134 valence electrons. The highest BCUT2D eigenvalue weighted by atomic mass is 32.1. The summed E-state index contributed by atoms with van der Waals surface area (Å²) in [6, 6.07) is 10.0. The number of rotatable bonds is 4. The van der Waals surface area contributed by atoms with Gasteiger partial charge < -0.3 is 5.73 Å². The van der Waals surface area contributed by atoms with Crippen molar-refractivity contribution < 1.29 is 18.0 Å². The highest BCUT2D eigenvalue weighted by Crippen LogP contribution is 2.29. The molecular formula is C17H13F3N4OS. The quantitative estimate of drug-likeness (QED) is 0.538. The van der Waals surface area contributed by atoms with Gasteiger partial charge in [0.25, 0.3) is 0 Å². The first-order chi connectivity index (χ1) is 12.3. The van der Waals surface area contributed by atoms with Crippen molar-refractivity contribution in [3.05, 3.63) is 59.2 Å². The van der Waals surface area contributed by atoms with Crippen LogP contribution in [-0.4, -0.2) is 17.1 Å². The number of carbonyl (C=O) groups is 1. The summed E-state index contributed by atoms with van der Waals surface area (Å²) in [7, 11) is 0.